The van der Waals surface area contributed by atoms with E-state index in [1.54, 1.807) is 6.07 Å². The van der Waals surface area contributed by atoms with E-state index < -0.39 is 4.92 Å². The summed E-state index contributed by atoms with van der Waals surface area (Å²) in [7, 11) is 0. The van der Waals surface area contributed by atoms with E-state index in [0.29, 0.717) is 0 Å². The summed E-state index contributed by atoms with van der Waals surface area (Å²) >= 11 is 5.96. The number of rotatable bonds is 5. The molecule has 1 N–H and O–H groups in total. The second-order valence-corrected chi connectivity index (χ2v) is 5.74. The molecule has 1 heterocycles. The van der Waals surface area contributed by atoms with Gasteiger partial charge in [0.15, 0.2) is 0 Å². The fourth-order valence-corrected chi connectivity index (χ4v) is 2.68. The summed E-state index contributed by atoms with van der Waals surface area (Å²) < 4.78 is 5.33. The standard InChI is InChI=1S/C14H20ClN3O3/c1-10-7-14(18(19)20)12(15)8-13(10)16-11(2)9-17-3-5-21-6-4-17/h7-8,11,16H,3-6,9H2,1-2H3. The van der Waals surface area contributed by atoms with Crippen molar-refractivity contribution in [3.63, 3.8) is 0 Å². The first-order chi connectivity index (χ1) is 9.97. The fraction of sp³-hybridized carbons (Fsp3) is 0.571. The van der Waals surface area contributed by atoms with Gasteiger partial charge in [-0.25, -0.2) is 0 Å². The highest BCUT2D eigenvalue weighted by Crippen LogP contribution is 2.30. The van der Waals surface area contributed by atoms with E-state index in [-0.39, 0.29) is 16.8 Å². The van der Waals surface area contributed by atoms with Gasteiger partial charge in [-0.05, 0) is 25.5 Å². The molecule has 0 spiro atoms. The molecule has 1 aromatic carbocycles. The first-order valence-electron chi connectivity index (χ1n) is 6.98. The smallest absolute Gasteiger partial charge is 0.288 e. The summed E-state index contributed by atoms with van der Waals surface area (Å²) in [4.78, 5) is 12.7. The summed E-state index contributed by atoms with van der Waals surface area (Å²) in [6, 6.07) is 3.36. The lowest BCUT2D eigenvalue weighted by Crippen LogP contribution is -2.42. The lowest BCUT2D eigenvalue weighted by Gasteiger charge is -2.30. The van der Waals surface area contributed by atoms with Crippen molar-refractivity contribution in [3.05, 3.63) is 32.8 Å². The molecule has 1 atom stereocenters. The molecule has 6 nitrogen and oxygen atoms in total. The van der Waals surface area contributed by atoms with Crippen molar-refractivity contribution < 1.29 is 9.66 Å². The number of anilines is 1. The Hall–Kier alpha value is -1.37. The van der Waals surface area contributed by atoms with Crippen molar-refractivity contribution in [1.29, 1.82) is 0 Å². The van der Waals surface area contributed by atoms with Gasteiger partial charge >= 0.3 is 0 Å². The largest absolute Gasteiger partial charge is 0.381 e. The van der Waals surface area contributed by atoms with Gasteiger partial charge in [-0.2, -0.15) is 0 Å². The van der Waals surface area contributed by atoms with Gasteiger partial charge in [0.2, 0.25) is 0 Å². The van der Waals surface area contributed by atoms with Gasteiger partial charge in [-0.15, -0.1) is 0 Å². The number of nitrogens with one attached hydrogen (secondary N) is 1. The first-order valence-corrected chi connectivity index (χ1v) is 7.36. The van der Waals surface area contributed by atoms with Gasteiger partial charge in [0.1, 0.15) is 5.02 Å². The Balaban J connectivity index is 2.01. The summed E-state index contributed by atoms with van der Waals surface area (Å²) in [5, 5.41) is 14.4. The second-order valence-electron chi connectivity index (χ2n) is 5.33. The van der Waals surface area contributed by atoms with Crippen LogP contribution in [0.25, 0.3) is 0 Å². The van der Waals surface area contributed by atoms with Crippen LogP contribution in [-0.2, 0) is 4.74 Å². The Kier molecular flexibility index (Phi) is 5.39. The van der Waals surface area contributed by atoms with Crippen LogP contribution in [0.5, 0.6) is 0 Å². The van der Waals surface area contributed by atoms with Gasteiger partial charge in [-0.1, -0.05) is 11.6 Å². The highest BCUT2D eigenvalue weighted by atomic mass is 35.5. The number of benzene rings is 1. The molecule has 0 aromatic heterocycles. The lowest BCUT2D eigenvalue weighted by atomic mass is 10.1. The Morgan fingerprint density at radius 2 is 2.14 bits per heavy atom. The third-order valence-corrected chi connectivity index (χ3v) is 3.83. The topological polar surface area (TPSA) is 67.6 Å². The number of nitro groups is 1. The summed E-state index contributed by atoms with van der Waals surface area (Å²) in [6.45, 7) is 8.25. The molecule has 1 unspecified atom stereocenters. The zero-order valence-electron chi connectivity index (χ0n) is 12.3. The van der Waals surface area contributed by atoms with Gasteiger partial charge in [0.25, 0.3) is 5.69 Å². The molecule has 0 bridgehead atoms. The maximum Gasteiger partial charge on any atom is 0.288 e. The van der Waals surface area contributed by atoms with Crippen molar-refractivity contribution in [2.75, 3.05) is 38.2 Å². The zero-order chi connectivity index (χ0) is 15.4. The molecule has 1 aromatic rings. The number of halogens is 1. The molecule has 1 fully saturated rings. The minimum atomic E-state index is -0.462. The molecule has 0 saturated carbocycles. The van der Waals surface area contributed by atoms with Crippen molar-refractivity contribution in [2.45, 2.75) is 19.9 Å². The average molecular weight is 314 g/mol. The van der Waals surface area contributed by atoms with Crippen LogP contribution in [0.1, 0.15) is 12.5 Å². The van der Waals surface area contributed by atoms with E-state index in [1.165, 1.54) is 6.07 Å². The van der Waals surface area contributed by atoms with E-state index >= 15 is 0 Å². The summed E-state index contributed by atoms with van der Waals surface area (Å²) in [5.74, 6) is 0. The molecule has 1 saturated heterocycles. The molecule has 0 radical (unpaired) electrons. The number of hydrogen-bond acceptors (Lipinski definition) is 5. The quantitative estimate of drug-likeness (QED) is 0.668. The molecule has 0 amide bonds. The summed E-state index contributed by atoms with van der Waals surface area (Å²) in [6.07, 6.45) is 0. The normalized spacial score (nSPS) is 17.5. The van der Waals surface area contributed by atoms with Gasteiger partial charge in [0.05, 0.1) is 18.1 Å². The highest BCUT2D eigenvalue weighted by molar-refractivity contribution is 6.33. The molecular weight excluding hydrogens is 294 g/mol. The Morgan fingerprint density at radius 1 is 1.48 bits per heavy atom. The molecule has 116 valence electrons. The fourth-order valence-electron chi connectivity index (χ4n) is 2.44. The Labute approximate surface area is 129 Å². The van der Waals surface area contributed by atoms with Crippen LogP contribution < -0.4 is 5.32 Å². The molecule has 2 rings (SSSR count). The van der Waals surface area contributed by atoms with Gasteiger partial charge in [0, 0.05) is 37.4 Å². The van der Waals surface area contributed by atoms with Crippen LogP contribution in [0.3, 0.4) is 0 Å². The highest BCUT2D eigenvalue weighted by Gasteiger charge is 2.17. The van der Waals surface area contributed by atoms with E-state index in [2.05, 4.69) is 17.1 Å². The Bertz CT molecular complexity index is 518. The van der Waals surface area contributed by atoms with Crippen molar-refractivity contribution in [3.8, 4) is 0 Å². The van der Waals surface area contributed by atoms with Crippen LogP contribution in [-0.4, -0.2) is 48.7 Å². The van der Waals surface area contributed by atoms with Crippen LogP contribution in [0.2, 0.25) is 5.02 Å². The molecule has 1 aliphatic heterocycles. The van der Waals surface area contributed by atoms with E-state index in [9.17, 15) is 10.1 Å². The van der Waals surface area contributed by atoms with Crippen molar-refractivity contribution in [2.24, 2.45) is 0 Å². The zero-order valence-corrected chi connectivity index (χ0v) is 13.0. The van der Waals surface area contributed by atoms with Crippen LogP contribution >= 0.6 is 11.6 Å². The Morgan fingerprint density at radius 3 is 2.76 bits per heavy atom. The summed E-state index contributed by atoms with van der Waals surface area (Å²) in [5.41, 5.74) is 1.60. The molecular formula is C14H20ClN3O3. The molecule has 21 heavy (non-hydrogen) atoms. The lowest BCUT2D eigenvalue weighted by molar-refractivity contribution is -0.384. The minimum absolute atomic E-state index is 0.0550. The van der Waals surface area contributed by atoms with Gasteiger partial charge in [-0.3, -0.25) is 15.0 Å². The van der Waals surface area contributed by atoms with E-state index in [4.69, 9.17) is 16.3 Å². The minimum Gasteiger partial charge on any atom is -0.381 e. The average Bonchev–Trinajstić information content (AvgIpc) is 2.43. The SMILES string of the molecule is Cc1cc([N+](=O)[O-])c(Cl)cc1NC(C)CN1CCOCC1. The third-order valence-electron chi connectivity index (χ3n) is 3.53. The van der Waals surface area contributed by atoms with Crippen LogP contribution in [0, 0.1) is 17.0 Å². The predicted octanol–water partition coefficient (Wildman–Crippen LogP) is 2.69. The maximum atomic E-state index is 10.9. The predicted molar refractivity (Wildman–Crippen MR) is 83.2 cm³/mol. The number of morpholine rings is 1. The monoisotopic (exact) mass is 313 g/mol. The third kappa shape index (κ3) is 4.30. The number of ether oxygens (including phenoxy) is 1. The van der Waals surface area contributed by atoms with Gasteiger partial charge < -0.3 is 10.1 Å². The number of hydrogen-bond donors (Lipinski definition) is 1. The number of nitro benzene ring substituents is 1. The van der Waals surface area contributed by atoms with Crippen molar-refractivity contribution in [1.82, 2.24) is 4.90 Å². The maximum absolute atomic E-state index is 10.9. The first kappa shape index (κ1) is 16.0. The number of aryl methyl sites for hydroxylation is 1. The molecule has 1 aliphatic rings. The number of nitrogens with zero attached hydrogens (tertiary/aromatic N) is 2. The van der Waals surface area contributed by atoms with E-state index in [1.807, 2.05) is 6.92 Å². The van der Waals surface area contributed by atoms with E-state index in [0.717, 1.165) is 44.1 Å². The van der Waals surface area contributed by atoms with Crippen LogP contribution in [0.15, 0.2) is 12.1 Å². The van der Waals surface area contributed by atoms with Crippen LogP contribution in [0.4, 0.5) is 11.4 Å². The van der Waals surface area contributed by atoms with Crippen molar-refractivity contribution >= 4 is 23.0 Å². The molecule has 0 aliphatic carbocycles. The second kappa shape index (κ2) is 7.06. The molecule has 7 heteroatoms.